The van der Waals surface area contributed by atoms with Gasteiger partial charge in [-0.2, -0.15) is 5.10 Å². The normalized spacial score (nSPS) is 10.8. The molecule has 1 heterocycles. The van der Waals surface area contributed by atoms with Crippen molar-refractivity contribution in [3.63, 3.8) is 0 Å². The average Bonchev–Trinajstić information content (AvgIpc) is 3.07. The summed E-state index contributed by atoms with van der Waals surface area (Å²) in [5, 5.41) is 7.41. The van der Waals surface area contributed by atoms with Gasteiger partial charge in [0.15, 0.2) is 0 Å². The van der Waals surface area contributed by atoms with Crippen molar-refractivity contribution in [3.05, 3.63) is 60.3 Å². The Labute approximate surface area is 147 Å². The predicted molar refractivity (Wildman–Crippen MR) is 99.5 cm³/mol. The minimum absolute atomic E-state index is 0.394. The number of benzene rings is 2. The van der Waals surface area contributed by atoms with E-state index in [2.05, 4.69) is 24.0 Å². The van der Waals surface area contributed by atoms with Crippen molar-refractivity contribution in [2.75, 3.05) is 12.3 Å². The Balaban J connectivity index is 1.71. The first-order chi connectivity index (χ1) is 12.1. The fourth-order valence-corrected chi connectivity index (χ4v) is 2.40. The van der Waals surface area contributed by atoms with Crippen LogP contribution in [-0.4, -0.2) is 16.8 Å². The summed E-state index contributed by atoms with van der Waals surface area (Å²) in [5.41, 5.74) is 9.13. The van der Waals surface area contributed by atoms with Gasteiger partial charge in [-0.1, -0.05) is 32.0 Å². The molecule has 3 N–H and O–H groups in total. The molecule has 0 unspecified atom stereocenters. The van der Waals surface area contributed by atoms with Crippen LogP contribution in [0.1, 0.15) is 19.5 Å². The number of nitrogen functional groups attached to an aromatic ring is 1. The lowest BCUT2D eigenvalue weighted by atomic mass is 10.1. The van der Waals surface area contributed by atoms with Crippen LogP contribution >= 0.6 is 0 Å². The topological polar surface area (TPSA) is 73.2 Å². The van der Waals surface area contributed by atoms with E-state index in [4.69, 9.17) is 15.2 Å². The summed E-state index contributed by atoms with van der Waals surface area (Å²) in [6.07, 6.45) is 0. The summed E-state index contributed by atoms with van der Waals surface area (Å²) in [7, 11) is 0. The van der Waals surface area contributed by atoms with Crippen molar-refractivity contribution >= 4 is 5.69 Å². The van der Waals surface area contributed by atoms with Gasteiger partial charge in [-0.25, -0.2) is 0 Å². The standard InChI is InChI=1S/C20H23N3O2/c1-14(2)12-25-20-9-4-3-8-18(20)19-11-16(22-23-19)13-24-17-7-5-6-15(21)10-17/h3-11,14H,12-13,21H2,1-2H3,(H,22,23). The molecule has 1 aromatic heterocycles. The Morgan fingerprint density at radius 1 is 1.04 bits per heavy atom. The van der Waals surface area contributed by atoms with E-state index in [1.165, 1.54) is 0 Å². The highest BCUT2D eigenvalue weighted by Crippen LogP contribution is 2.29. The van der Waals surface area contributed by atoms with Gasteiger partial charge in [-0.05, 0) is 36.2 Å². The number of aromatic nitrogens is 2. The average molecular weight is 337 g/mol. The van der Waals surface area contributed by atoms with Gasteiger partial charge < -0.3 is 15.2 Å². The monoisotopic (exact) mass is 337 g/mol. The van der Waals surface area contributed by atoms with Gasteiger partial charge in [0.05, 0.1) is 18.0 Å². The van der Waals surface area contributed by atoms with E-state index >= 15 is 0 Å². The molecule has 0 aliphatic heterocycles. The molecule has 0 saturated carbocycles. The molecule has 0 saturated heterocycles. The fraction of sp³-hybridized carbons (Fsp3) is 0.250. The maximum atomic E-state index is 5.91. The van der Waals surface area contributed by atoms with Crippen LogP contribution in [0.25, 0.3) is 11.3 Å². The summed E-state index contributed by atoms with van der Waals surface area (Å²) < 4.78 is 11.7. The van der Waals surface area contributed by atoms with Gasteiger partial charge in [0, 0.05) is 17.3 Å². The lowest BCUT2D eigenvalue weighted by Crippen LogP contribution is -2.05. The van der Waals surface area contributed by atoms with E-state index in [-0.39, 0.29) is 0 Å². The molecule has 0 amide bonds. The molecule has 0 bridgehead atoms. The third-order valence-electron chi connectivity index (χ3n) is 3.62. The van der Waals surface area contributed by atoms with Crippen LogP contribution in [0.4, 0.5) is 5.69 Å². The largest absolute Gasteiger partial charge is 0.493 e. The van der Waals surface area contributed by atoms with Crippen molar-refractivity contribution in [1.82, 2.24) is 10.2 Å². The van der Waals surface area contributed by atoms with Crippen molar-refractivity contribution < 1.29 is 9.47 Å². The SMILES string of the molecule is CC(C)COc1ccccc1-c1cc(COc2cccc(N)c2)[nH]n1. The Morgan fingerprint density at radius 3 is 2.68 bits per heavy atom. The molecule has 0 atom stereocenters. The summed E-state index contributed by atoms with van der Waals surface area (Å²) in [4.78, 5) is 0. The van der Waals surface area contributed by atoms with E-state index in [1.807, 2.05) is 48.5 Å². The van der Waals surface area contributed by atoms with E-state index < -0.39 is 0 Å². The van der Waals surface area contributed by atoms with Gasteiger partial charge >= 0.3 is 0 Å². The molecule has 5 nitrogen and oxygen atoms in total. The highest BCUT2D eigenvalue weighted by atomic mass is 16.5. The van der Waals surface area contributed by atoms with Gasteiger partial charge in [0.1, 0.15) is 18.1 Å². The summed E-state index contributed by atoms with van der Waals surface area (Å²) >= 11 is 0. The first-order valence-corrected chi connectivity index (χ1v) is 8.36. The number of ether oxygens (including phenoxy) is 2. The zero-order valence-electron chi connectivity index (χ0n) is 14.5. The third-order valence-corrected chi connectivity index (χ3v) is 3.62. The van der Waals surface area contributed by atoms with Crippen molar-refractivity contribution in [1.29, 1.82) is 0 Å². The van der Waals surface area contributed by atoms with Gasteiger partial charge in [0.2, 0.25) is 0 Å². The van der Waals surface area contributed by atoms with E-state index in [0.29, 0.717) is 24.8 Å². The number of hydrogen-bond donors (Lipinski definition) is 2. The number of nitrogens with zero attached hydrogens (tertiary/aromatic N) is 1. The summed E-state index contributed by atoms with van der Waals surface area (Å²) in [5.74, 6) is 2.04. The molecule has 2 aromatic carbocycles. The molecular formula is C20H23N3O2. The number of aromatic amines is 1. The minimum Gasteiger partial charge on any atom is -0.493 e. The number of para-hydroxylation sites is 1. The number of anilines is 1. The molecule has 5 heteroatoms. The Kier molecular flexibility index (Phi) is 5.23. The molecular weight excluding hydrogens is 314 g/mol. The molecule has 0 aliphatic carbocycles. The molecule has 0 radical (unpaired) electrons. The second-order valence-electron chi connectivity index (χ2n) is 6.34. The van der Waals surface area contributed by atoms with Crippen molar-refractivity contribution in [2.45, 2.75) is 20.5 Å². The highest BCUT2D eigenvalue weighted by molar-refractivity contribution is 5.67. The molecule has 25 heavy (non-hydrogen) atoms. The third kappa shape index (κ3) is 4.53. The van der Waals surface area contributed by atoms with Crippen LogP contribution in [0.5, 0.6) is 11.5 Å². The molecule has 0 fully saturated rings. The van der Waals surface area contributed by atoms with Crippen LogP contribution in [0.15, 0.2) is 54.6 Å². The predicted octanol–water partition coefficient (Wildman–Crippen LogP) is 4.27. The lowest BCUT2D eigenvalue weighted by molar-refractivity contribution is 0.272. The molecule has 0 aliphatic rings. The Morgan fingerprint density at radius 2 is 1.88 bits per heavy atom. The smallest absolute Gasteiger partial charge is 0.130 e. The number of nitrogens with one attached hydrogen (secondary N) is 1. The number of hydrogen-bond acceptors (Lipinski definition) is 4. The second-order valence-corrected chi connectivity index (χ2v) is 6.34. The molecule has 0 spiro atoms. The van der Waals surface area contributed by atoms with Crippen LogP contribution < -0.4 is 15.2 Å². The van der Waals surface area contributed by atoms with Crippen molar-refractivity contribution in [3.8, 4) is 22.8 Å². The minimum atomic E-state index is 0.394. The van der Waals surface area contributed by atoms with Crippen LogP contribution in [0, 0.1) is 5.92 Å². The van der Waals surface area contributed by atoms with Crippen LogP contribution in [0.2, 0.25) is 0 Å². The molecule has 3 aromatic rings. The van der Waals surface area contributed by atoms with Gasteiger partial charge in [-0.3, -0.25) is 5.10 Å². The Hall–Kier alpha value is -2.95. The van der Waals surface area contributed by atoms with Gasteiger partial charge in [0.25, 0.3) is 0 Å². The number of rotatable bonds is 7. The van der Waals surface area contributed by atoms with Crippen LogP contribution in [-0.2, 0) is 6.61 Å². The maximum Gasteiger partial charge on any atom is 0.130 e. The zero-order valence-corrected chi connectivity index (χ0v) is 14.5. The van der Waals surface area contributed by atoms with Gasteiger partial charge in [-0.15, -0.1) is 0 Å². The van der Waals surface area contributed by atoms with E-state index in [1.54, 1.807) is 6.07 Å². The fourth-order valence-electron chi connectivity index (χ4n) is 2.40. The first-order valence-electron chi connectivity index (χ1n) is 8.36. The lowest BCUT2D eigenvalue weighted by Gasteiger charge is -2.11. The summed E-state index contributed by atoms with van der Waals surface area (Å²) in [6.45, 7) is 5.32. The zero-order chi connectivity index (χ0) is 17.6. The molecule has 130 valence electrons. The molecule has 3 rings (SSSR count). The maximum absolute atomic E-state index is 5.91. The highest BCUT2D eigenvalue weighted by Gasteiger charge is 2.11. The van der Waals surface area contributed by atoms with E-state index in [9.17, 15) is 0 Å². The summed E-state index contributed by atoms with van der Waals surface area (Å²) in [6, 6.07) is 17.3. The number of H-pyrrole nitrogens is 1. The second kappa shape index (κ2) is 7.75. The van der Waals surface area contributed by atoms with Crippen LogP contribution in [0.3, 0.4) is 0 Å². The number of nitrogens with two attached hydrogens (primary N) is 1. The van der Waals surface area contributed by atoms with E-state index in [0.717, 1.165) is 28.5 Å². The first kappa shape index (κ1) is 16.9. The Bertz CT molecular complexity index is 827. The quantitative estimate of drug-likeness (QED) is 0.631. The van der Waals surface area contributed by atoms with Crippen molar-refractivity contribution in [2.24, 2.45) is 5.92 Å².